The lowest BCUT2D eigenvalue weighted by Gasteiger charge is -2.10. The summed E-state index contributed by atoms with van der Waals surface area (Å²) in [5, 5.41) is 13.7. The summed E-state index contributed by atoms with van der Waals surface area (Å²) in [6.07, 6.45) is 0.868. The first kappa shape index (κ1) is 15.7. The van der Waals surface area contributed by atoms with Crippen molar-refractivity contribution in [3.63, 3.8) is 0 Å². The van der Waals surface area contributed by atoms with Gasteiger partial charge in [-0.15, -0.1) is 10.2 Å². The predicted molar refractivity (Wildman–Crippen MR) is 85.3 cm³/mol. The lowest BCUT2D eigenvalue weighted by Crippen LogP contribution is -2.24. The van der Waals surface area contributed by atoms with Crippen LogP contribution in [0.5, 0.6) is 11.5 Å². The molecule has 0 saturated heterocycles. The first-order valence-corrected chi connectivity index (χ1v) is 7.74. The lowest BCUT2D eigenvalue weighted by molar-refractivity contribution is 0.397. The molecule has 5 nitrogen and oxygen atoms in total. The molecule has 0 spiro atoms. The molecule has 2 aromatic rings. The van der Waals surface area contributed by atoms with Crippen LogP contribution in [0.4, 0.5) is 0 Å². The molecule has 6 heteroatoms. The topological polar surface area (TPSA) is 56.3 Å². The van der Waals surface area contributed by atoms with Crippen molar-refractivity contribution in [2.45, 2.75) is 26.3 Å². The fourth-order valence-corrected chi connectivity index (χ4v) is 2.88. The van der Waals surface area contributed by atoms with Gasteiger partial charge in [0.15, 0.2) is 5.01 Å². The molecule has 0 aliphatic rings. The van der Waals surface area contributed by atoms with E-state index in [1.54, 1.807) is 25.6 Å². The number of nitrogens with zero attached hydrogens (tertiary/aromatic N) is 2. The zero-order valence-electron chi connectivity index (χ0n) is 12.8. The van der Waals surface area contributed by atoms with Crippen LogP contribution < -0.4 is 14.8 Å². The van der Waals surface area contributed by atoms with E-state index in [4.69, 9.17) is 9.47 Å². The number of methoxy groups -OCH3 is 2. The highest BCUT2D eigenvalue weighted by Crippen LogP contribution is 2.39. The first-order valence-electron chi connectivity index (χ1n) is 6.92. The summed E-state index contributed by atoms with van der Waals surface area (Å²) >= 11 is 1.57. The maximum atomic E-state index is 5.41. The Morgan fingerprint density at radius 1 is 1.14 bits per heavy atom. The predicted octanol–water partition coefficient (Wildman–Crippen LogP) is 2.76. The van der Waals surface area contributed by atoms with Crippen molar-refractivity contribution in [3.05, 3.63) is 23.2 Å². The molecule has 114 valence electrons. The lowest BCUT2D eigenvalue weighted by atomic mass is 10.2. The number of nitrogens with one attached hydrogen (secondary N) is 1. The van der Waals surface area contributed by atoms with Gasteiger partial charge in [0.25, 0.3) is 0 Å². The Morgan fingerprint density at radius 2 is 1.81 bits per heavy atom. The van der Waals surface area contributed by atoms with Gasteiger partial charge in [-0.3, -0.25) is 0 Å². The van der Waals surface area contributed by atoms with Crippen LogP contribution in [0.2, 0.25) is 0 Å². The monoisotopic (exact) mass is 307 g/mol. The van der Waals surface area contributed by atoms with Crippen LogP contribution in [0.25, 0.3) is 10.6 Å². The van der Waals surface area contributed by atoms with Crippen molar-refractivity contribution in [2.24, 2.45) is 0 Å². The Kier molecular flexibility index (Phi) is 5.52. The van der Waals surface area contributed by atoms with Gasteiger partial charge in [0.1, 0.15) is 16.5 Å². The second-order valence-corrected chi connectivity index (χ2v) is 5.96. The third kappa shape index (κ3) is 3.92. The zero-order valence-corrected chi connectivity index (χ0v) is 13.7. The maximum Gasteiger partial charge on any atom is 0.155 e. The van der Waals surface area contributed by atoms with Crippen molar-refractivity contribution in [3.8, 4) is 22.1 Å². The highest BCUT2D eigenvalue weighted by Gasteiger charge is 2.16. The summed E-state index contributed by atoms with van der Waals surface area (Å²) in [4.78, 5) is 0. The second kappa shape index (κ2) is 7.38. The molecule has 1 aromatic carbocycles. The minimum atomic E-state index is 0.478. The number of aromatic nitrogens is 2. The molecule has 2 rings (SSSR count). The fraction of sp³-hybridized carbons (Fsp3) is 0.467. The smallest absolute Gasteiger partial charge is 0.155 e. The number of rotatable bonds is 7. The summed E-state index contributed by atoms with van der Waals surface area (Å²) in [6.45, 7) is 5.16. The van der Waals surface area contributed by atoms with Crippen LogP contribution in [0.1, 0.15) is 18.9 Å². The van der Waals surface area contributed by atoms with E-state index >= 15 is 0 Å². The molecule has 0 aliphatic carbocycles. The Bertz CT molecular complexity index is 562. The SMILES string of the molecule is COc1cccc(OC)c1-c1nnc(CCNC(C)C)s1. The average Bonchev–Trinajstić information content (AvgIpc) is 2.94. The van der Waals surface area contributed by atoms with E-state index in [0.29, 0.717) is 6.04 Å². The van der Waals surface area contributed by atoms with Crippen LogP contribution >= 0.6 is 11.3 Å². The summed E-state index contributed by atoms with van der Waals surface area (Å²) < 4.78 is 10.8. The molecule has 0 aliphatic heterocycles. The Labute approximate surface area is 129 Å². The van der Waals surface area contributed by atoms with E-state index in [1.165, 1.54) is 0 Å². The molecule has 0 unspecified atom stereocenters. The van der Waals surface area contributed by atoms with E-state index in [1.807, 2.05) is 18.2 Å². The first-order chi connectivity index (χ1) is 10.2. The van der Waals surface area contributed by atoms with Gasteiger partial charge < -0.3 is 14.8 Å². The molecular weight excluding hydrogens is 286 g/mol. The molecule has 0 amide bonds. The van der Waals surface area contributed by atoms with Crippen LogP contribution in [-0.4, -0.2) is 37.0 Å². The highest BCUT2D eigenvalue weighted by atomic mass is 32.1. The van der Waals surface area contributed by atoms with Crippen LogP contribution in [0.15, 0.2) is 18.2 Å². The van der Waals surface area contributed by atoms with E-state index < -0.39 is 0 Å². The van der Waals surface area contributed by atoms with Crippen LogP contribution in [-0.2, 0) is 6.42 Å². The molecule has 0 atom stereocenters. The van der Waals surface area contributed by atoms with E-state index in [9.17, 15) is 0 Å². The minimum absolute atomic E-state index is 0.478. The van der Waals surface area contributed by atoms with Crippen molar-refractivity contribution in [1.82, 2.24) is 15.5 Å². The van der Waals surface area contributed by atoms with Crippen molar-refractivity contribution < 1.29 is 9.47 Å². The summed E-state index contributed by atoms with van der Waals surface area (Å²) in [5.41, 5.74) is 0.864. The Morgan fingerprint density at radius 3 is 2.38 bits per heavy atom. The third-order valence-corrected chi connectivity index (χ3v) is 4.00. The van der Waals surface area contributed by atoms with Crippen molar-refractivity contribution >= 4 is 11.3 Å². The molecule has 0 fully saturated rings. The van der Waals surface area contributed by atoms with Gasteiger partial charge in [-0.2, -0.15) is 0 Å². The molecule has 21 heavy (non-hydrogen) atoms. The number of hydrogen-bond acceptors (Lipinski definition) is 6. The molecule has 1 aromatic heterocycles. The molecule has 0 radical (unpaired) electrons. The van der Waals surface area contributed by atoms with Gasteiger partial charge in [0.05, 0.1) is 19.8 Å². The standard InChI is InChI=1S/C15H21N3O2S/c1-10(2)16-9-8-13-17-18-15(21-13)14-11(19-3)6-5-7-12(14)20-4/h5-7,10,16H,8-9H2,1-4H3. The Balaban J connectivity index is 2.21. The summed E-state index contributed by atoms with van der Waals surface area (Å²) in [5.74, 6) is 1.50. The molecule has 1 heterocycles. The van der Waals surface area contributed by atoms with Gasteiger partial charge in [0.2, 0.25) is 0 Å². The normalized spacial score (nSPS) is 10.9. The second-order valence-electron chi connectivity index (χ2n) is 4.90. The van der Waals surface area contributed by atoms with Gasteiger partial charge in [0, 0.05) is 19.0 Å². The third-order valence-electron chi connectivity index (χ3n) is 3.00. The highest BCUT2D eigenvalue weighted by molar-refractivity contribution is 7.14. The minimum Gasteiger partial charge on any atom is -0.496 e. The number of benzene rings is 1. The van der Waals surface area contributed by atoms with Gasteiger partial charge >= 0.3 is 0 Å². The van der Waals surface area contributed by atoms with Gasteiger partial charge in [-0.05, 0) is 12.1 Å². The quantitative estimate of drug-likeness (QED) is 0.852. The zero-order chi connectivity index (χ0) is 15.2. The number of ether oxygens (including phenoxy) is 2. The molecule has 0 bridgehead atoms. The van der Waals surface area contributed by atoms with Crippen molar-refractivity contribution in [1.29, 1.82) is 0 Å². The van der Waals surface area contributed by atoms with Crippen molar-refractivity contribution in [2.75, 3.05) is 20.8 Å². The van der Waals surface area contributed by atoms with E-state index in [0.717, 1.165) is 40.0 Å². The molecular formula is C15H21N3O2S. The van der Waals surface area contributed by atoms with Crippen LogP contribution in [0.3, 0.4) is 0 Å². The largest absolute Gasteiger partial charge is 0.496 e. The number of hydrogen-bond donors (Lipinski definition) is 1. The van der Waals surface area contributed by atoms with E-state index in [-0.39, 0.29) is 0 Å². The fourth-order valence-electron chi connectivity index (χ4n) is 1.99. The average molecular weight is 307 g/mol. The van der Waals surface area contributed by atoms with Gasteiger partial charge in [-0.25, -0.2) is 0 Å². The molecule has 1 N–H and O–H groups in total. The van der Waals surface area contributed by atoms with Gasteiger partial charge in [-0.1, -0.05) is 31.3 Å². The maximum absolute atomic E-state index is 5.41. The Hall–Kier alpha value is -1.66. The van der Waals surface area contributed by atoms with Crippen LogP contribution in [0, 0.1) is 0 Å². The van der Waals surface area contributed by atoms with E-state index in [2.05, 4.69) is 29.4 Å². The molecule has 0 saturated carbocycles. The summed E-state index contributed by atoms with van der Waals surface area (Å²) in [7, 11) is 3.29. The summed E-state index contributed by atoms with van der Waals surface area (Å²) in [6, 6.07) is 6.18.